The fraction of sp³-hybridized carbons (Fsp3) is 0.0833. The molecule has 0 saturated heterocycles. The number of aromatic nitrogens is 2. The van der Waals surface area contributed by atoms with Gasteiger partial charge in [-0.3, -0.25) is 0 Å². The number of anilines is 2. The van der Waals surface area contributed by atoms with Crippen molar-refractivity contribution in [3.05, 3.63) is 46.7 Å². The van der Waals surface area contributed by atoms with Crippen molar-refractivity contribution in [1.82, 2.24) is 9.97 Å². The second kappa shape index (κ2) is 5.59. The summed E-state index contributed by atoms with van der Waals surface area (Å²) >= 11 is 3.27. The van der Waals surface area contributed by atoms with Crippen LogP contribution in [0, 0.1) is 0 Å². The summed E-state index contributed by atoms with van der Waals surface area (Å²) in [4.78, 5) is 8.12. The molecule has 0 atom stereocenters. The third kappa shape index (κ3) is 3.27. The highest BCUT2D eigenvalue weighted by molar-refractivity contribution is 9.10. The largest absolute Gasteiger partial charge is 0.399 e. The van der Waals surface area contributed by atoms with E-state index in [1.54, 1.807) is 12.4 Å². The topological polar surface area (TPSA) is 76.2 Å². The van der Waals surface area contributed by atoms with Crippen LogP contribution in [0.4, 0.5) is 11.6 Å². The van der Waals surface area contributed by atoms with Gasteiger partial charge in [0.15, 0.2) is 0 Å². The first kappa shape index (κ1) is 12.5. The van der Waals surface area contributed by atoms with Crippen LogP contribution in [0.3, 0.4) is 0 Å². The molecule has 5 nitrogen and oxygen atoms in total. The van der Waals surface area contributed by atoms with Gasteiger partial charge in [-0.05, 0) is 40.5 Å². The van der Waals surface area contributed by atoms with Gasteiger partial charge in [0.25, 0.3) is 0 Å². The molecule has 1 aromatic heterocycles. The van der Waals surface area contributed by atoms with E-state index in [0.717, 1.165) is 15.7 Å². The first-order valence-electron chi connectivity index (χ1n) is 5.29. The molecule has 0 amide bonds. The molecule has 6 heteroatoms. The molecule has 3 N–H and O–H groups in total. The molecule has 0 saturated carbocycles. The van der Waals surface area contributed by atoms with Crippen molar-refractivity contribution in [2.45, 2.75) is 6.92 Å². The second-order valence-corrected chi connectivity index (χ2v) is 4.58. The Morgan fingerprint density at radius 2 is 2.06 bits per heavy atom. The Kier molecular flexibility index (Phi) is 3.88. The Bertz CT molecular complexity index is 565. The van der Waals surface area contributed by atoms with Crippen molar-refractivity contribution in [3.8, 4) is 0 Å². The molecule has 0 spiro atoms. The molecule has 0 aliphatic carbocycles. The summed E-state index contributed by atoms with van der Waals surface area (Å²) in [5.41, 5.74) is 11.0. The SMILES string of the molecule is CC(=NNc1ncc(Br)cn1)c1cccc(N)c1. The summed E-state index contributed by atoms with van der Waals surface area (Å²) in [6.07, 6.45) is 3.31. The molecule has 0 aliphatic heterocycles. The minimum absolute atomic E-state index is 0.446. The standard InChI is InChI=1S/C12H12BrN5/c1-8(9-3-2-4-11(14)5-9)17-18-12-15-6-10(13)7-16-12/h2-7H,14H2,1H3,(H,15,16,18). The van der Waals surface area contributed by atoms with Gasteiger partial charge >= 0.3 is 0 Å². The Hall–Kier alpha value is -1.95. The number of nitrogens with two attached hydrogens (primary N) is 1. The smallest absolute Gasteiger partial charge is 0.243 e. The highest BCUT2D eigenvalue weighted by Gasteiger charge is 1.98. The predicted octanol–water partition coefficient (Wildman–Crippen LogP) is 2.66. The minimum atomic E-state index is 0.446. The quantitative estimate of drug-likeness (QED) is 0.519. The molecular weight excluding hydrogens is 294 g/mol. The molecule has 18 heavy (non-hydrogen) atoms. The van der Waals surface area contributed by atoms with Gasteiger partial charge < -0.3 is 5.73 Å². The minimum Gasteiger partial charge on any atom is -0.399 e. The fourth-order valence-electron chi connectivity index (χ4n) is 1.33. The van der Waals surface area contributed by atoms with E-state index in [4.69, 9.17) is 5.73 Å². The zero-order chi connectivity index (χ0) is 13.0. The fourth-order valence-corrected chi connectivity index (χ4v) is 1.54. The van der Waals surface area contributed by atoms with E-state index in [-0.39, 0.29) is 0 Å². The van der Waals surface area contributed by atoms with Crippen LogP contribution in [0.25, 0.3) is 0 Å². The lowest BCUT2D eigenvalue weighted by Gasteiger charge is -2.03. The van der Waals surface area contributed by atoms with Gasteiger partial charge in [0, 0.05) is 18.1 Å². The number of hydrazone groups is 1. The maximum atomic E-state index is 5.72. The number of hydrogen-bond donors (Lipinski definition) is 2. The van der Waals surface area contributed by atoms with Gasteiger partial charge in [0.05, 0.1) is 10.2 Å². The number of nitrogens with zero attached hydrogens (tertiary/aromatic N) is 3. The lowest BCUT2D eigenvalue weighted by Crippen LogP contribution is -2.02. The number of halogens is 1. The zero-order valence-electron chi connectivity index (χ0n) is 9.76. The average Bonchev–Trinajstić information content (AvgIpc) is 2.38. The van der Waals surface area contributed by atoms with Crippen LogP contribution in [0.5, 0.6) is 0 Å². The summed E-state index contributed by atoms with van der Waals surface area (Å²) < 4.78 is 0.824. The van der Waals surface area contributed by atoms with Gasteiger partial charge in [-0.1, -0.05) is 12.1 Å². The number of hydrogen-bond acceptors (Lipinski definition) is 5. The number of rotatable bonds is 3. The highest BCUT2D eigenvalue weighted by Crippen LogP contribution is 2.09. The molecule has 1 heterocycles. The molecule has 0 radical (unpaired) electrons. The average molecular weight is 306 g/mol. The molecule has 1 aromatic carbocycles. The maximum absolute atomic E-state index is 5.72. The maximum Gasteiger partial charge on any atom is 0.243 e. The lowest BCUT2D eigenvalue weighted by molar-refractivity contribution is 1.10. The van der Waals surface area contributed by atoms with Crippen molar-refractivity contribution < 1.29 is 0 Å². The van der Waals surface area contributed by atoms with Gasteiger partial charge in [0.2, 0.25) is 5.95 Å². The first-order chi connectivity index (χ1) is 8.65. The van der Waals surface area contributed by atoms with E-state index < -0.39 is 0 Å². The zero-order valence-corrected chi connectivity index (χ0v) is 11.3. The van der Waals surface area contributed by atoms with Crippen LogP contribution in [-0.4, -0.2) is 15.7 Å². The van der Waals surface area contributed by atoms with Crippen LogP contribution < -0.4 is 11.2 Å². The predicted molar refractivity (Wildman–Crippen MR) is 76.4 cm³/mol. The van der Waals surface area contributed by atoms with Gasteiger partial charge in [-0.25, -0.2) is 15.4 Å². The van der Waals surface area contributed by atoms with Crippen molar-refractivity contribution in [2.24, 2.45) is 5.10 Å². The van der Waals surface area contributed by atoms with Crippen molar-refractivity contribution in [3.63, 3.8) is 0 Å². The molecule has 2 aromatic rings. The van der Waals surface area contributed by atoms with E-state index in [1.165, 1.54) is 0 Å². The molecular formula is C12H12BrN5. The third-order valence-electron chi connectivity index (χ3n) is 2.25. The van der Waals surface area contributed by atoms with Crippen LogP contribution in [0.15, 0.2) is 46.2 Å². The Balaban J connectivity index is 2.11. The normalized spacial score (nSPS) is 11.3. The van der Waals surface area contributed by atoms with E-state index in [1.807, 2.05) is 31.2 Å². The Morgan fingerprint density at radius 1 is 1.33 bits per heavy atom. The summed E-state index contributed by atoms with van der Waals surface area (Å²) in [5, 5.41) is 4.21. The first-order valence-corrected chi connectivity index (χ1v) is 6.08. The summed E-state index contributed by atoms with van der Waals surface area (Å²) in [6, 6.07) is 7.53. The van der Waals surface area contributed by atoms with Crippen LogP contribution in [0.2, 0.25) is 0 Å². The van der Waals surface area contributed by atoms with Crippen LogP contribution >= 0.6 is 15.9 Å². The molecule has 0 unspecified atom stereocenters. The monoisotopic (exact) mass is 305 g/mol. The van der Waals surface area contributed by atoms with E-state index in [2.05, 4.69) is 36.4 Å². The molecule has 0 bridgehead atoms. The second-order valence-electron chi connectivity index (χ2n) is 3.66. The lowest BCUT2D eigenvalue weighted by atomic mass is 10.1. The molecule has 2 rings (SSSR count). The van der Waals surface area contributed by atoms with Crippen molar-refractivity contribution in [1.29, 1.82) is 0 Å². The number of benzene rings is 1. The van der Waals surface area contributed by atoms with E-state index in [0.29, 0.717) is 11.6 Å². The van der Waals surface area contributed by atoms with Crippen molar-refractivity contribution >= 4 is 33.3 Å². The molecule has 0 aliphatic rings. The molecule has 0 fully saturated rings. The number of nitrogens with one attached hydrogen (secondary N) is 1. The van der Waals surface area contributed by atoms with Crippen LogP contribution in [0.1, 0.15) is 12.5 Å². The summed E-state index contributed by atoms with van der Waals surface area (Å²) in [7, 11) is 0. The Labute approximate surface area is 113 Å². The van der Waals surface area contributed by atoms with E-state index >= 15 is 0 Å². The highest BCUT2D eigenvalue weighted by atomic mass is 79.9. The van der Waals surface area contributed by atoms with Gasteiger partial charge in [-0.15, -0.1) is 0 Å². The van der Waals surface area contributed by atoms with E-state index in [9.17, 15) is 0 Å². The van der Waals surface area contributed by atoms with Gasteiger partial charge in [-0.2, -0.15) is 5.10 Å². The molecule has 92 valence electrons. The van der Waals surface area contributed by atoms with Gasteiger partial charge in [0.1, 0.15) is 0 Å². The summed E-state index contributed by atoms with van der Waals surface area (Å²) in [5.74, 6) is 0.446. The van der Waals surface area contributed by atoms with Crippen molar-refractivity contribution in [2.75, 3.05) is 11.2 Å². The Morgan fingerprint density at radius 3 is 2.72 bits per heavy atom. The summed E-state index contributed by atoms with van der Waals surface area (Å²) in [6.45, 7) is 1.89. The van der Waals surface area contributed by atoms with Crippen LogP contribution in [-0.2, 0) is 0 Å². The number of nitrogen functional groups attached to an aromatic ring is 1. The third-order valence-corrected chi connectivity index (χ3v) is 2.66.